The summed E-state index contributed by atoms with van der Waals surface area (Å²) in [4.78, 5) is 14.5. The van der Waals surface area contributed by atoms with Crippen molar-refractivity contribution >= 4 is 5.69 Å². The fourth-order valence-electron chi connectivity index (χ4n) is 1.64. The van der Waals surface area contributed by atoms with Gasteiger partial charge in [-0.2, -0.15) is 4.98 Å². The molecular formula is C12H13N3O4. The van der Waals surface area contributed by atoms with E-state index < -0.39 is 11.0 Å². The smallest absolute Gasteiger partial charge is 0.282 e. The Morgan fingerprint density at radius 2 is 2.26 bits per heavy atom. The van der Waals surface area contributed by atoms with Gasteiger partial charge in [-0.1, -0.05) is 18.1 Å². The summed E-state index contributed by atoms with van der Waals surface area (Å²) in [5.41, 5.74) is 0.996. The summed E-state index contributed by atoms with van der Waals surface area (Å²) in [5, 5.41) is 24.2. The monoisotopic (exact) mass is 263 g/mol. The highest BCUT2D eigenvalue weighted by Crippen LogP contribution is 2.30. The number of aliphatic hydroxyl groups excluding tert-OH is 1. The summed E-state index contributed by atoms with van der Waals surface area (Å²) in [6.07, 6.45) is -0.393. The number of nitrogens with zero attached hydrogens (tertiary/aromatic N) is 3. The maximum atomic E-state index is 11.0. The van der Waals surface area contributed by atoms with Gasteiger partial charge < -0.3 is 9.63 Å². The second kappa shape index (κ2) is 5.15. The van der Waals surface area contributed by atoms with E-state index in [1.165, 1.54) is 6.07 Å². The molecule has 0 aliphatic heterocycles. The lowest BCUT2D eigenvalue weighted by atomic mass is 10.1. The predicted octanol–water partition coefficient (Wildman–Crippen LogP) is 2.40. The van der Waals surface area contributed by atoms with E-state index in [9.17, 15) is 15.2 Å². The van der Waals surface area contributed by atoms with Gasteiger partial charge in [0.2, 0.25) is 5.82 Å². The number of aryl methyl sites for hydroxylation is 1. The lowest BCUT2D eigenvalue weighted by Gasteiger charge is -2.00. The molecule has 1 aromatic carbocycles. The molecule has 1 N–H and O–H groups in total. The molecule has 0 saturated heterocycles. The molecule has 0 fully saturated rings. The molecule has 19 heavy (non-hydrogen) atoms. The molecule has 7 heteroatoms. The van der Waals surface area contributed by atoms with Gasteiger partial charge in [0.05, 0.1) is 4.92 Å². The van der Waals surface area contributed by atoms with Crippen molar-refractivity contribution in [2.45, 2.75) is 26.4 Å². The second-order valence-electron chi connectivity index (χ2n) is 4.16. The van der Waals surface area contributed by atoms with Crippen LogP contribution >= 0.6 is 0 Å². The number of nitro groups is 1. The quantitative estimate of drug-likeness (QED) is 0.671. The Labute approximate surface area is 109 Å². The summed E-state index contributed by atoms with van der Waals surface area (Å²) in [7, 11) is 0. The molecule has 1 aromatic heterocycles. The van der Waals surface area contributed by atoms with Gasteiger partial charge in [-0.25, -0.2) is 0 Å². The average Bonchev–Trinajstić information content (AvgIpc) is 2.86. The van der Waals surface area contributed by atoms with E-state index in [0.29, 0.717) is 6.42 Å². The first-order valence-corrected chi connectivity index (χ1v) is 5.80. The molecule has 0 radical (unpaired) electrons. The Morgan fingerprint density at radius 3 is 2.89 bits per heavy atom. The van der Waals surface area contributed by atoms with Crippen molar-refractivity contribution < 1.29 is 14.6 Å². The van der Waals surface area contributed by atoms with E-state index in [1.54, 1.807) is 19.1 Å². The predicted molar refractivity (Wildman–Crippen MR) is 66.4 cm³/mol. The Hall–Kier alpha value is -2.28. The van der Waals surface area contributed by atoms with E-state index in [0.717, 1.165) is 5.56 Å². The van der Waals surface area contributed by atoms with Crippen LogP contribution in [0.15, 0.2) is 22.7 Å². The van der Waals surface area contributed by atoms with Crippen molar-refractivity contribution in [1.82, 2.24) is 10.1 Å². The third kappa shape index (κ3) is 2.60. The van der Waals surface area contributed by atoms with E-state index in [1.807, 2.05) is 6.92 Å². The molecule has 0 bridgehead atoms. The molecule has 0 saturated carbocycles. The molecular weight excluding hydrogens is 250 g/mol. The van der Waals surface area contributed by atoms with E-state index in [-0.39, 0.29) is 23.0 Å². The first-order chi connectivity index (χ1) is 9.02. The van der Waals surface area contributed by atoms with Crippen LogP contribution < -0.4 is 0 Å². The Kier molecular flexibility index (Phi) is 3.57. The number of hydrogen-bond acceptors (Lipinski definition) is 6. The van der Waals surface area contributed by atoms with Crippen molar-refractivity contribution in [3.8, 4) is 11.5 Å². The molecule has 1 atom stereocenters. The molecule has 1 unspecified atom stereocenters. The van der Waals surface area contributed by atoms with Crippen molar-refractivity contribution in [3.63, 3.8) is 0 Å². The zero-order valence-electron chi connectivity index (χ0n) is 10.5. The topological polar surface area (TPSA) is 102 Å². The Morgan fingerprint density at radius 1 is 1.53 bits per heavy atom. The van der Waals surface area contributed by atoms with Gasteiger partial charge in [0.1, 0.15) is 11.7 Å². The van der Waals surface area contributed by atoms with Crippen molar-refractivity contribution in [3.05, 3.63) is 39.7 Å². The van der Waals surface area contributed by atoms with Crippen LogP contribution in [0, 0.1) is 17.0 Å². The largest absolute Gasteiger partial charge is 0.385 e. The Bertz CT molecular complexity index is 609. The summed E-state index contributed by atoms with van der Waals surface area (Å²) >= 11 is 0. The van der Waals surface area contributed by atoms with Crippen LogP contribution in [0.1, 0.15) is 30.8 Å². The fraction of sp³-hybridized carbons (Fsp3) is 0.333. The molecule has 0 spiro atoms. The third-order valence-corrected chi connectivity index (χ3v) is 2.71. The van der Waals surface area contributed by atoms with Crippen LogP contribution in [0.4, 0.5) is 5.69 Å². The number of nitro benzene ring substituents is 1. The van der Waals surface area contributed by atoms with Crippen LogP contribution in [0.3, 0.4) is 0 Å². The van der Waals surface area contributed by atoms with Gasteiger partial charge in [0.25, 0.3) is 11.6 Å². The number of aliphatic hydroxyl groups is 1. The van der Waals surface area contributed by atoms with Gasteiger partial charge in [0.15, 0.2) is 0 Å². The number of rotatable bonds is 4. The minimum Gasteiger partial charge on any atom is -0.385 e. The summed E-state index contributed by atoms with van der Waals surface area (Å²) in [5.74, 6) is 0.172. The van der Waals surface area contributed by atoms with Crippen LogP contribution in [0.5, 0.6) is 0 Å². The van der Waals surface area contributed by atoms with E-state index in [4.69, 9.17) is 4.52 Å². The van der Waals surface area contributed by atoms with Gasteiger partial charge >= 0.3 is 0 Å². The highest BCUT2D eigenvalue weighted by Gasteiger charge is 2.22. The van der Waals surface area contributed by atoms with Gasteiger partial charge in [-0.3, -0.25) is 10.1 Å². The molecule has 0 aliphatic rings. The molecule has 100 valence electrons. The maximum absolute atomic E-state index is 11.0. The molecule has 0 aliphatic carbocycles. The van der Waals surface area contributed by atoms with Crippen molar-refractivity contribution in [2.24, 2.45) is 0 Å². The normalized spacial score (nSPS) is 12.4. The fourth-order valence-corrected chi connectivity index (χ4v) is 1.64. The van der Waals surface area contributed by atoms with Crippen LogP contribution in [-0.4, -0.2) is 20.2 Å². The molecule has 7 nitrogen and oxygen atoms in total. The summed E-state index contributed by atoms with van der Waals surface area (Å²) < 4.78 is 4.99. The van der Waals surface area contributed by atoms with Crippen LogP contribution in [0.25, 0.3) is 11.5 Å². The number of hydrogen-bond donors (Lipinski definition) is 1. The van der Waals surface area contributed by atoms with Gasteiger partial charge in [-0.15, -0.1) is 0 Å². The molecule has 2 aromatic rings. The van der Waals surface area contributed by atoms with Crippen molar-refractivity contribution in [2.75, 3.05) is 0 Å². The highest BCUT2D eigenvalue weighted by molar-refractivity contribution is 5.67. The van der Waals surface area contributed by atoms with E-state index in [2.05, 4.69) is 10.1 Å². The lowest BCUT2D eigenvalue weighted by Crippen LogP contribution is -1.97. The zero-order valence-corrected chi connectivity index (χ0v) is 10.5. The number of benzene rings is 1. The first-order valence-electron chi connectivity index (χ1n) is 5.80. The van der Waals surface area contributed by atoms with Gasteiger partial charge in [-0.05, 0) is 25.0 Å². The molecule has 2 rings (SSSR count). The standard InChI is InChI=1S/C12H13N3O4/c1-3-10(16)11-13-12(19-14-11)8-6-7(2)4-5-9(8)15(17)18/h4-6,10,16H,3H2,1-2H3. The summed E-state index contributed by atoms with van der Waals surface area (Å²) in [6.45, 7) is 3.58. The number of aromatic nitrogens is 2. The van der Waals surface area contributed by atoms with Gasteiger partial charge in [0, 0.05) is 6.07 Å². The lowest BCUT2D eigenvalue weighted by molar-refractivity contribution is -0.384. The first kappa shape index (κ1) is 13.2. The second-order valence-corrected chi connectivity index (χ2v) is 4.16. The minimum absolute atomic E-state index is 0.0397. The zero-order chi connectivity index (χ0) is 14.0. The SMILES string of the molecule is CCC(O)c1noc(-c2cc(C)ccc2[N+](=O)[O-])n1. The average molecular weight is 263 g/mol. The van der Waals surface area contributed by atoms with Crippen LogP contribution in [0.2, 0.25) is 0 Å². The molecule has 1 heterocycles. The van der Waals surface area contributed by atoms with Crippen LogP contribution in [-0.2, 0) is 0 Å². The van der Waals surface area contributed by atoms with Crippen molar-refractivity contribution in [1.29, 1.82) is 0 Å². The van der Waals surface area contributed by atoms with E-state index >= 15 is 0 Å². The molecule has 0 amide bonds. The maximum Gasteiger partial charge on any atom is 0.282 e. The summed E-state index contributed by atoms with van der Waals surface area (Å²) in [6, 6.07) is 4.64. The Balaban J connectivity index is 2.49. The highest BCUT2D eigenvalue weighted by atomic mass is 16.6. The third-order valence-electron chi connectivity index (χ3n) is 2.71. The minimum atomic E-state index is -0.832.